The number of amides is 2. The van der Waals surface area contributed by atoms with Gasteiger partial charge in [-0.15, -0.1) is 0 Å². The number of carbonyl (C=O) groups excluding carboxylic acids is 2. The lowest BCUT2D eigenvalue weighted by Gasteiger charge is -2.21. The van der Waals surface area contributed by atoms with Crippen LogP contribution in [0.25, 0.3) is 0 Å². The maximum Gasteiger partial charge on any atom is 0.226 e. The number of carbonyl (C=O) groups is 2. The number of nitrogens with zero attached hydrogens (tertiary/aromatic N) is 1. The minimum absolute atomic E-state index is 0.0609. The van der Waals surface area contributed by atoms with Crippen LogP contribution in [0.15, 0.2) is 42.5 Å². The van der Waals surface area contributed by atoms with Gasteiger partial charge in [-0.25, -0.2) is 0 Å². The second-order valence-electron chi connectivity index (χ2n) is 6.18. The maximum absolute atomic E-state index is 12.2. The third-order valence-corrected chi connectivity index (χ3v) is 4.25. The number of aryl methyl sites for hydroxylation is 2. The molecule has 2 rings (SSSR count). The van der Waals surface area contributed by atoms with E-state index < -0.39 is 0 Å². The van der Waals surface area contributed by atoms with Gasteiger partial charge in [0, 0.05) is 37.1 Å². The van der Waals surface area contributed by atoms with E-state index in [1.807, 2.05) is 44.2 Å². The molecule has 0 aromatic heterocycles. The molecular weight excluding hydrogens is 336 g/mol. The summed E-state index contributed by atoms with van der Waals surface area (Å²) in [6.45, 7) is 6.32. The molecule has 0 saturated heterocycles. The third kappa shape index (κ3) is 5.91. The van der Waals surface area contributed by atoms with Gasteiger partial charge < -0.3 is 10.2 Å². The van der Waals surface area contributed by atoms with Crippen molar-refractivity contribution in [2.45, 2.75) is 33.7 Å². The quantitative estimate of drug-likeness (QED) is 0.835. The Morgan fingerprint density at radius 3 is 2.36 bits per heavy atom. The fraction of sp³-hybridized carbons (Fsp3) is 0.300. The molecular formula is C20H23ClN2O2. The molecule has 0 radical (unpaired) electrons. The van der Waals surface area contributed by atoms with E-state index in [1.165, 1.54) is 6.92 Å². The van der Waals surface area contributed by atoms with Crippen molar-refractivity contribution in [2.24, 2.45) is 0 Å². The number of anilines is 1. The second kappa shape index (κ2) is 8.67. The second-order valence-corrected chi connectivity index (χ2v) is 6.62. The minimum atomic E-state index is -0.102. The monoisotopic (exact) mass is 358 g/mol. The molecule has 2 amide bonds. The standard InChI is InChI=1S/C20H23ClN2O2/c1-14-4-9-19(15(2)12-14)22-20(25)10-11-23(16(3)24)13-17-5-7-18(21)8-6-17/h4-9,12H,10-11,13H2,1-3H3,(H,22,25). The number of halogens is 1. The summed E-state index contributed by atoms with van der Waals surface area (Å²) in [5, 5.41) is 3.57. The fourth-order valence-corrected chi connectivity index (χ4v) is 2.69. The number of hydrogen-bond donors (Lipinski definition) is 1. The molecule has 0 atom stereocenters. The zero-order valence-corrected chi connectivity index (χ0v) is 15.6. The van der Waals surface area contributed by atoms with E-state index in [2.05, 4.69) is 5.32 Å². The summed E-state index contributed by atoms with van der Waals surface area (Å²) < 4.78 is 0. The Morgan fingerprint density at radius 1 is 1.08 bits per heavy atom. The maximum atomic E-state index is 12.2. The summed E-state index contributed by atoms with van der Waals surface area (Å²) in [6, 6.07) is 13.2. The summed E-state index contributed by atoms with van der Waals surface area (Å²) in [5.74, 6) is -0.163. The molecule has 132 valence electrons. The fourth-order valence-electron chi connectivity index (χ4n) is 2.56. The van der Waals surface area contributed by atoms with Crippen LogP contribution in [-0.2, 0) is 16.1 Å². The van der Waals surface area contributed by atoms with Gasteiger partial charge in [0.15, 0.2) is 0 Å². The van der Waals surface area contributed by atoms with Gasteiger partial charge in [-0.3, -0.25) is 9.59 Å². The Morgan fingerprint density at radius 2 is 1.76 bits per heavy atom. The van der Waals surface area contributed by atoms with Crippen molar-refractivity contribution >= 4 is 29.1 Å². The molecule has 0 spiro atoms. The largest absolute Gasteiger partial charge is 0.338 e. The summed E-state index contributed by atoms with van der Waals surface area (Å²) in [5.41, 5.74) is 3.97. The molecule has 2 aromatic carbocycles. The molecule has 5 heteroatoms. The Labute approximate surface area is 153 Å². The predicted octanol–water partition coefficient (Wildman–Crippen LogP) is 4.33. The molecule has 0 aliphatic rings. The van der Waals surface area contributed by atoms with Gasteiger partial charge in [0.2, 0.25) is 11.8 Å². The zero-order valence-electron chi connectivity index (χ0n) is 14.8. The molecule has 4 nitrogen and oxygen atoms in total. The lowest BCUT2D eigenvalue weighted by molar-refractivity contribution is -0.129. The van der Waals surface area contributed by atoms with Crippen molar-refractivity contribution in [2.75, 3.05) is 11.9 Å². The highest BCUT2D eigenvalue weighted by atomic mass is 35.5. The van der Waals surface area contributed by atoms with E-state index >= 15 is 0 Å². The SMILES string of the molecule is CC(=O)N(CCC(=O)Nc1ccc(C)cc1C)Cc1ccc(Cl)cc1. The first-order valence-corrected chi connectivity index (χ1v) is 8.60. The topological polar surface area (TPSA) is 49.4 Å². The normalized spacial score (nSPS) is 10.4. The molecule has 1 N–H and O–H groups in total. The third-order valence-electron chi connectivity index (χ3n) is 4.00. The van der Waals surface area contributed by atoms with E-state index in [0.717, 1.165) is 22.4 Å². The van der Waals surface area contributed by atoms with Crippen molar-refractivity contribution < 1.29 is 9.59 Å². The minimum Gasteiger partial charge on any atom is -0.338 e. The Balaban J connectivity index is 1.92. The van der Waals surface area contributed by atoms with Gasteiger partial charge in [-0.05, 0) is 43.2 Å². The lowest BCUT2D eigenvalue weighted by Crippen LogP contribution is -2.31. The van der Waals surface area contributed by atoms with E-state index in [0.29, 0.717) is 18.1 Å². The number of benzene rings is 2. The van der Waals surface area contributed by atoms with Crippen LogP contribution in [0.2, 0.25) is 5.02 Å². The number of hydrogen-bond acceptors (Lipinski definition) is 2. The van der Waals surface area contributed by atoms with Gasteiger partial charge in [-0.1, -0.05) is 41.4 Å². The van der Waals surface area contributed by atoms with Crippen LogP contribution < -0.4 is 5.32 Å². The van der Waals surface area contributed by atoms with Crippen LogP contribution >= 0.6 is 11.6 Å². The van der Waals surface area contributed by atoms with Crippen molar-refractivity contribution in [3.63, 3.8) is 0 Å². The predicted molar refractivity (Wildman–Crippen MR) is 102 cm³/mol. The lowest BCUT2D eigenvalue weighted by atomic mass is 10.1. The van der Waals surface area contributed by atoms with Crippen LogP contribution in [0.1, 0.15) is 30.0 Å². The Kier molecular flexibility index (Phi) is 6.59. The van der Waals surface area contributed by atoms with E-state index in [9.17, 15) is 9.59 Å². The summed E-state index contributed by atoms with van der Waals surface area (Å²) in [6.07, 6.45) is 0.250. The molecule has 2 aromatic rings. The molecule has 0 aliphatic carbocycles. The van der Waals surface area contributed by atoms with E-state index in [-0.39, 0.29) is 18.2 Å². The average molecular weight is 359 g/mol. The van der Waals surface area contributed by atoms with Crippen LogP contribution in [-0.4, -0.2) is 23.3 Å². The molecule has 0 saturated carbocycles. The van der Waals surface area contributed by atoms with E-state index in [4.69, 9.17) is 11.6 Å². The Bertz CT molecular complexity index is 757. The number of nitrogens with one attached hydrogen (secondary N) is 1. The summed E-state index contributed by atoms with van der Waals surface area (Å²) >= 11 is 5.88. The first-order valence-electron chi connectivity index (χ1n) is 8.22. The molecule has 0 heterocycles. The smallest absolute Gasteiger partial charge is 0.226 e. The van der Waals surface area contributed by atoms with Crippen molar-refractivity contribution in [1.29, 1.82) is 0 Å². The first kappa shape index (κ1) is 19.0. The summed E-state index contributed by atoms with van der Waals surface area (Å²) in [4.78, 5) is 25.7. The van der Waals surface area contributed by atoms with Crippen molar-refractivity contribution in [3.8, 4) is 0 Å². The van der Waals surface area contributed by atoms with Gasteiger partial charge >= 0.3 is 0 Å². The molecule has 0 unspecified atom stereocenters. The van der Waals surface area contributed by atoms with Gasteiger partial charge in [0.05, 0.1) is 0 Å². The highest BCUT2D eigenvalue weighted by Gasteiger charge is 2.12. The molecule has 0 aliphatic heterocycles. The van der Waals surface area contributed by atoms with Crippen molar-refractivity contribution in [3.05, 3.63) is 64.2 Å². The van der Waals surface area contributed by atoms with Crippen LogP contribution in [0.3, 0.4) is 0 Å². The number of rotatable bonds is 6. The molecule has 25 heavy (non-hydrogen) atoms. The highest BCUT2D eigenvalue weighted by Crippen LogP contribution is 2.16. The summed E-state index contributed by atoms with van der Waals surface area (Å²) in [7, 11) is 0. The zero-order chi connectivity index (χ0) is 18.4. The van der Waals surface area contributed by atoms with Gasteiger partial charge in [0.25, 0.3) is 0 Å². The Hall–Kier alpha value is -2.33. The first-order chi connectivity index (χ1) is 11.8. The van der Waals surface area contributed by atoms with Crippen LogP contribution in [0.4, 0.5) is 5.69 Å². The van der Waals surface area contributed by atoms with E-state index in [1.54, 1.807) is 17.0 Å². The van der Waals surface area contributed by atoms with Crippen LogP contribution in [0.5, 0.6) is 0 Å². The molecule has 0 bridgehead atoms. The van der Waals surface area contributed by atoms with Gasteiger partial charge in [0.1, 0.15) is 0 Å². The van der Waals surface area contributed by atoms with Crippen molar-refractivity contribution in [1.82, 2.24) is 4.90 Å². The van der Waals surface area contributed by atoms with Crippen LogP contribution in [0, 0.1) is 13.8 Å². The highest BCUT2D eigenvalue weighted by molar-refractivity contribution is 6.30. The molecule has 0 fully saturated rings. The van der Waals surface area contributed by atoms with Gasteiger partial charge in [-0.2, -0.15) is 0 Å². The average Bonchev–Trinajstić information content (AvgIpc) is 2.55.